The number of benzene rings is 1. The summed E-state index contributed by atoms with van der Waals surface area (Å²) in [5.41, 5.74) is 2.22. The third-order valence-corrected chi connectivity index (χ3v) is 10.2. The van der Waals surface area contributed by atoms with E-state index in [1.54, 1.807) is 7.11 Å². The van der Waals surface area contributed by atoms with Crippen LogP contribution in [-0.2, 0) is 21.7 Å². The number of ether oxygens (including phenoxy) is 1. The first-order valence-corrected chi connectivity index (χ1v) is 14.1. The van der Waals surface area contributed by atoms with Gasteiger partial charge in [-0.25, -0.2) is 10.0 Å². The van der Waals surface area contributed by atoms with E-state index < -0.39 is 15.6 Å². The molecule has 0 bridgehead atoms. The van der Waals surface area contributed by atoms with E-state index in [4.69, 9.17) is 4.74 Å². The fourth-order valence-electron chi connectivity index (χ4n) is 4.81. The molecule has 0 spiro atoms. The molecule has 0 saturated heterocycles. The second-order valence-electron chi connectivity index (χ2n) is 10.3. The van der Waals surface area contributed by atoms with Gasteiger partial charge in [-0.3, -0.25) is 19.6 Å². The lowest BCUT2D eigenvalue weighted by molar-refractivity contribution is -0.120. The summed E-state index contributed by atoms with van der Waals surface area (Å²) < 4.78 is 4.89. The minimum absolute atomic E-state index is 0.0825. The number of carbonyl (C=O) groups is 2. The van der Waals surface area contributed by atoms with Crippen LogP contribution in [0.3, 0.4) is 0 Å². The topological polar surface area (TPSA) is 99.3 Å². The molecule has 2 aliphatic rings. The Morgan fingerprint density at radius 3 is 2.36 bits per heavy atom. The van der Waals surface area contributed by atoms with E-state index in [9.17, 15) is 9.59 Å². The molecule has 0 atom stereocenters. The van der Waals surface area contributed by atoms with E-state index in [2.05, 4.69) is 58.3 Å². The molecule has 2 heterocycles. The molecule has 0 radical (unpaired) electrons. The van der Waals surface area contributed by atoms with Crippen LogP contribution < -0.4 is 15.4 Å². The zero-order chi connectivity index (χ0) is 24.0. The van der Waals surface area contributed by atoms with Crippen molar-refractivity contribution in [3.63, 3.8) is 0 Å². The predicted octanol–water partition coefficient (Wildman–Crippen LogP) is 3.66. The molecular weight excluding hydrogens is 438 g/mol. The first kappa shape index (κ1) is 23.6. The molecule has 33 heavy (non-hydrogen) atoms. The summed E-state index contributed by atoms with van der Waals surface area (Å²) in [4.78, 5) is 28.2. The lowest BCUT2D eigenvalue weighted by atomic mass is 9.83. The van der Waals surface area contributed by atoms with Crippen LogP contribution in [0.5, 0.6) is 5.75 Å². The highest BCUT2D eigenvalue weighted by Crippen LogP contribution is 2.60. The molecule has 4 rings (SSSR count). The monoisotopic (exact) mass is 473 g/mol. The second kappa shape index (κ2) is 8.36. The Morgan fingerprint density at radius 1 is 1.15 bits per heavy atom. The number of anilines is 2. The first-order valence-electron chi connectivity index (χ1n) is 11.2. The molecule has 8 nitrogen and oxygen atoms in total. The van der Waals surface area contributed by atoms with Crippen LogP contribution in [0.25, 0.3) is 0 Å². The normalized spacial score (nSPS) is 19.3. The Morgan fingerprint density at radius 2 is 1.82 bits per heavy atom. The standard InChI is InChI=1S/C24H35N5O3S/c1-23(2)20-18(14-29(23)15-19(30)25-16-8-10-17(32-3)11-9-16)21(28-27-20)26-22(31)24(12-7-13-24)33(4,5)6/h8-11H,7,12-15H2,1-6H3,(H,25,30)(H2,26,27,28,31). The van der Waals surface area contributed by atoms with Crippen molar-refractivity contribution in [2.45, 2.75) is 49.9 Å². The van der Waals surface area contributed by atoms with Gasteiger partial charge < -0.3 is 15.4 Å². The highest BCUT2D eigenvalue weighted by molar-refractivity contribution is 8.33. The van der Waals surface area contributed by atoms with Gasteiger partial charge in [-0.05, 0) is 76.1 Å². The van der Waals surface area contributed by atoms with Crippen molar-refractivity contribution in [3.8, 4) is 5.75 Å². The van der Waals surface area contributed by atoms with Gasteiger partial charge in [0, 0.05) is 17.8 Å². The van der Waals surface area contributed by atoms with Gasteiger partial charge in [-0.1, -0.05) is 0 Å². The molecule has 1 fully saturated rings. The van der Waals surface area contributed by atoms with Crippen molar-refractivity contribution in [1.82, 2.24) is 15.1 Å². The van der Waals surface area contributed by atoms with Crippen molar-refractivity contribution < 1.29 is 14.3 Å². The van der Waals surface area contributed by atoms with Gasteiger partial charge >= 0.3 is 0 Å². The Labute approximate surface area is 197 Å². The number of fused-ring (bicyclic) bond motifs is 1. The van der Waals surface area contributed by atoms with Gasteiger partial charge in [0.25, 0.3) is 0 Å². The van der Waals surface area contributed by atoms with Crippen LogP contribution in [-0.4, -0.2) is 64.1 Å². The average Bonchev–Trinajstić information content (AvgIpc) is 3.19. The first-order chi connectivity index (χ1) is 15.5. The van der Waals surface area contributed by atoms with Crippen molar-refractivity contribution in [1.29, 1.82) is 0 Å². The lowest BCUT2D eigenvalue weighted by Gasteiger charge is -2.53. The molecule has 2 aromatic rings. The summed E-state index contributed by atoms with van der Waals surface area (Å²) in [6.45, 7) is 4.90. The predicted molar refractivity (Wildman–Crippen MR) is 134 cm³/mol. The third-order valence-electron chi connectivity index (χ3n) is 7.31. The van der Waals surface area contributed by atoms with Crippen LogP contribution in [0.1, 0.15) is 44.4 Å². The molecule has 180 valence electrons. The quantitative estimate of drug-likeness (QED) is 0.570. The number of methoxy groups -OCH3 is 1. The number of aromatic nitrogens is 2. The van der Waals surface area contributed by atoms with Gasteiger partial charge in [0.05, 0.1) is 29.6 Å². The molecule has 0 unspecified atom stereocenters. The number of amides is 2. The molecule has 1 aliphatic carbocycles. The van der Waals surface area contributed by atoms with Gasteiger partial charge in [0.2, 0.25) is 11.8 Å². The molecule has 1 aromatic heterocycles. The van der Waals surface area contributed by atoms with Crippen LogP contribution in [0.4, 0.5) is 11.5 Å². The average molecular weight is 474 g/mol. The van der Waals surface area contributed by atoms with Crippen LogP contribution >= 0.6 is 10.0 Å². The maximum absolute atomic E-state index is 13.3. The van der Waals surface area contributed by atoms with Gasteiger partial charge in [0.15, 0.2) is 5.82 Å². The van der Waals surface area contributed by atoms with Crippen LogP contribution in [0, 0.1) is 0 Å². The SMILES string of the molecule is COc1ccc(NC(=O)CN2Cc3c(NC(=O)C4(S(C)(C)C)CCC4)n[nH]c3C2(C)C)cc1. The number of hydrogen-bond acceptors (Lipinski definition) is 5. The molecule has 2 amide bonds. The summed E-state index contributed by atoms with van der Waals surface area (Å²) in [5.74, 6) is 1.32. The number of hydrogen-bond donors (Lipinski definition) is 3. The second-order valence-corrected chi connectivity index (χ2v) is 14.7. The Bertz CT molecular complexity index is 1050. The number of nitrogens with zero attached hydrogens (tertiary/aromatic N) is 2. The highest BCUT2D eigenvalue weighted by atomic mass is 32.3. The van der Waals surface area contributed by atoms with Gasteiger partial charge in [-0.2, -0.15) is 5.10 Å². The number of carbonyl (C=O) groups excluding carboxylic acids is 2. The third kappa shape index (κ3) is 4.12. The minimum Gasteiger partial charge on any atom is -0.497 e. The van der Waals surface area contributed by atoms with Gasteiger partial charge in [0.1, 0.15) is 5.75 Å². The summed E-state index contributed by atoms with van der Waals surface area (Å²) in [6, 6.07) is 7.27. The van der Waals surface area contributed by atoms with E-state index in [0.717, 1.165) is 42.0 Å². The van der Waals surface area contributed by atoms with E-state index in [0.29, 0.717) is 12.4 Å². The minimum atomic E-state index is -1.05. The van der Waals surface area contributed by atoms with Gasteiger partial charge in [-0.15, -0.1) is 0 Å². The fourth-order valence-corrected chi connectivity index (χ4v) is 6.93. The molecule has 9 heteroatoms. The Kier molecular flexibility index (Phi) is 5.99. The van der Waals surface area contributed by atoms with Crippen molar-refractivity contribution in [2.24, 2.45) is 0 Å². The largest absolute Gasteiger partial charge is 0.497 e. The Balaban J connectivity index is 1.45. The van der Waals surface area contributed by atoms with Crippen molar-refractivity contribution >= 4 is 33.3 Å². The smallest absolute Gasteiger partial charge is 0.240 e. The van der Waals surface area contributed by atoms with E-state index in [-0.39, 0.29) is 23.1 Å². The number of H-pyrrole nitrogens is 1. The zero-order valence-electron chi connectivity index (χ0n) is 20.4. The van der Waals surface area contributed by atoms with Crippen LogP contribution in [0.15, 0.2) is 24.3 Å². The fraction of sp³-hybridized carbons (Fsp3) is 0.542. The number of aromatic amines is 1. The molecule has 1 aromatic carbocycles. The zero-order valence-corrected chi connectivity index (χ0v) is 21.2. The summed E-state index contributed by atoms with van der Waals surface area (Å²) >= 11 is 0. The summed E-state index contributed by atoms with van der Waals surface area (Å²) in [7, 11) is 0.562. The van der Waals surface area contributed by atoms with E-state index >= 15 is 0 Å². The van der Waals surface area contributed by atoms with E-state index in [1.165, 1.54) is 0 Å². The number of rotatable bonds is 7. The lowest BCUT2D eigenvalue weighted by Crippen LogP contribution is -2.51. The molecule has 1 aliphatic heterocycles. The number of nitrogens with one attached hydrogen (secondary N) is 3. The molecule has 1 saturated carbocycles. The Hall–Kier alpha value is -2.52. The molecular formula is C24H35N5O3S. The van der Waals surface area contributed by atoms with E-state index in [1.807, 2.05) is 24.3 Å². The maximum atomic E-state index is 13.3. The highest BCUT2D eigenvalue weighted by Gasteiger charge is 2.51. The molecule has 3 N–H and O–H groups in total. The van der Waals surface area contributed by atoms with Crippen LogP contribution in [0.2, 0.25) is 0 Å². The van der Waals surface area contributed by atoms with Crippen molar-refractivity contribution in [2.75, 3.05) is 43.1 Å². The summed E-state index contributed by atoms with van der Waals surface area (Å²) in [5, 5.41) is 13.6. The summed E-state index contributed by atoms with van der Waals surface area (Å²) in [6.07, 6.45) is 9.62. The maximum Gasteiger partial charge on any atom is 0.240 e. The van der Waals surface area contributed by atoms with Crippen molar-refractivity contribution in [3.05, 3.63) is 35.5 Å².